The van der Waals surface area contributed by atoms with E-state index in [4.69, 9.17) is 5.73 Å². The smallest absolute Gasteiger partial charge is 0.311 e. The maximum absolute atomic E-state index is 10.6. The van der Waals surface area contributed by atoms with Crippen LogP contribution < -0.4 is 11.1 Å². The molecule has 0 radical (unpaired) electrons. The first-order valence-electron chi connectivity index (χ1n) is 5.77. The van der Waals surface area contributed by atoms with Gasteiger partial charge in [-0.2, -0.15) is 0 Å². The zero-order valence-corrected chi connectivity index (χ0v) is 10.2. The first kappa shape index (κ1) is 12.8. The number of nitrogens with two attached hydrogens (primary N) is 1. The molecule has 0 aliphatic heterocycles. The lowest BCUT2D eigenvalue weighted by molar-refractivity contribution is -0.384. The van der Waals surface area contributed by atoms with Crippen molar-refractivity contribution < 1.29 is 4.92 Å². The Morgan fingerprint density at radius 3 is 2.95 bits per heavy atom. The van der Waals surface area contributed by atoms with Gasteiger partial charge in [0.1, 0.15) is 5.82 Å². The molecule has 0 aliphatic carbocycles. The van der Waals surface area contributed by atoms with Gasteiger partial charge in [-0.3, -0.25) is 10.1 Å². The average molecular weight is 262 g/mol. The van der Waals surface area contributed by atoms with Crippen LogP contribution in [0.25, 0.3) is 0 Å². The van der Waals surface area contributed by atoms with Crippen molar-refractivity contribution in [3.8, 4) is 0 Å². The van der Waals surface area contributed by atoms with E-state index in [1.165, 1.54) is 6.07 Å². The van der Waals surface area contributed by atoms with E-state index in [1.807, 2.05) is 10.8 Å². The number of imidazole rings is 1. The summed E-state index contributed by atoms with van der Waals surface area (Å²) in [6, 6.07) is 2.90. The summed E-state index contributed by atoms with van der Waals surface area (Å²) in [6.07, 6.45) is 6.26. The molecule has 0 atom stereocenters. The molecule has 0 saturated heterocycles. The van der Waals surface area contributed by atoms with Crippen molar-refractivity contribution in [1.29, 1.82) is 0 Å². The predicted octanol–water partition coefficient (Wildman–Crippen LogP) is 1.27. The molecule has 3 N–H and O–H groups in total. The molecule has 8 heteroatoms. The van der Waals surface area contributed by atoms with Crippen LogP contribution in [0.2, 0.25) is 0 Å². The molecule has 0 bridgehead atoms. The molecule has 2 aromatic rings. The maximum atomic E-state index is 10.6. The standard InChI is InChI=1S/C11H14N6O2/c12-11-9(17(18)19)2-3-10(15-11)14-4-1-6-16-7-5-13-8-16/h2-3,5,7-8H,1,4,6H2,(H3,12,14,15). The fourth-order valence-electron chi connectivity index (χ4n) is 1.62. The zero-order chi connectivity index (χ0) is 13.7. The minimum atomic E-state index is -0.550. The molecular weight excluding hydrogens is 248 g/mol. The molecule has 19 heavy (non-hydrogen) atoms. The van der Waals surface area contributed by atoms with Gasteiger partial charge >= 0.3 is 5.69 Å². The van der Waals surface area contributed by atoms with E-state index in [0.29, 0.717) is 12.4 Å². The van der Waals surface area contributed by atoms with Crippen LogP contribution in [0.4, 0.5) is 17.3 Å². The van der Waals surface area contributed by atoms with Crippen LogP contribution >= 0.6 is 0 Å². The summed E-state index contributed by atoms with van der Waals surface area (Å²) in [7, 11) is 0. The van der Waals surface area contributed by atoms with Crippen molar-refractivity contribution >= 4 is 17.3 Å². The zero-order valence-electron chi connectivity index (χ0n) is 10.2. The molecule has 2 aromatic heterocycles. The highest BCUT2D eigenvalue weighted by Gasteiger charge is 2.12. The van der Waals surface area contributed by atoms with E-state index >= 15 is 0 Å². The van der Waals surface area contributed by atoms with Gasteiger partial charge in [-0.1, -0.05) is 0 Å². The van der Waals surface area contributed by atoms with Crippen molar-refractivity contribution in [3.63, 3.8) is 0 Å². The molecule has 0 amide bonds. The molecular formula is C11H14N6O2. The number of pyridine rings is 1. The normalized spacial score (nSPS) is 10.3. The Balaban J connectivity index is 1.83. The lowest BCUT2D eigenvalue weighted by Crippen LogP contribution is -2.08. The van der Waals surface area contributed by atoms with E-state index in [0.717, 1.165) is 13.0 Å². The number of aromatic nitrogens is 3. The molecule has 2 heterocycles. The number of nitro groups is 1. The van der Waals surface area contributed by atoms with E-state index in [-0.39, 0.29) is 11.5 Å². The fraction of sp³-hybridized carbons (Fsp3) is 0.273. The highest BCUT2D eigenvalue weighted by Crippen LogP contribution is 2.20. The Morgan fingerprint density at radius 2 is 2.32 bits per heavy atom. The van der Waals surface area contributed by atoms with Crippen molar-refractivity contribution in [2.45, 2.75) is 13.0 Å². The highest BCUT2D eigenvalue weighted by atomic mass is 16.6. The molecule has 100 valence electrons. The van der Waals surface area contributed by atoms with Gasteiger partial charge in [-0.25, -0.2) is 9.97 Å². The minimum absolute atomic E-state index is 0.0791. The van der Waals surface area contributed by atoms with Gasteiger partial charge < -0.3 is 15.6 Å². The quantitative estimate of drug-likeness (QED) is 0.460. The lowest BCUT2D eigenvalue weighted by atomic mass is 10.3. The summed E-state index contributed by atoms with van der Waals surface area (Å²) < 4.78 is 1.97. The largest absolute Gasteiger partial charge is 0.378 e. The molecule has 0 aliphatic rings. The third-order valence-corrected chi connectivity index (χ3v) is 2.56. The first-order valence-corrected chi connectivity index (χ1v) is 5.77. The number of aryl methyl sites for hydroxylation is 1. The Morgan fingerprint density at radius 1 is 1.47 bits per heavy atom. The fourth-order valence-corrected chi connectivity index (χ4v) is 1.62. The molecule has 2 rings (SSSR count). The molecule has 0 spiro atoms. The maximum Gasteiger partial charge on any atom is 0.311 e. The Labute approximate surface area is 109 Å². The molecule has 0 unspecified atom stereocenters. The minimum Gasteiger partial charge on any atom is -0.378 e. The summed E-state index contributed by atoms with van der Waals surface area (Å²) >= 11 is 0. The summed E-state index contributed by atoms with van der Waals surface area (Å²) in [5.74, 6) is 0.457. The van der Waals surface area contributed by atoms with Crippen LogP contribution in [0.3, 0.4) is 0 Å². The number of anilines is 2. The van der Waals surface area contributed by atoms with Gasteiger partial charge in [-0.15, -0.1) is 0 Å². The molecule has 8 nitrogen and oxygen atoms in total. The number of nitrogens with zero attached hydrogens (tertiary/aromatic N) is 4. The van der Waals surface area contributed by atoms with Crippen LogP contribution in [0.1, 0.15) is 6.42 Å². The number of rotatable bonds is 6. The monoisotopic (exact) mass is 262 g/mol. The average Bonchev–Trinajstić information content (AvgIpc) is 2.87. The van der Waals surface area contributed by atoms with Crippen molar-refractivity contribution in [3.05, 3.63) is 41.0 Å². The van der Waals surface area contributed by atoms with Crippen molar-refractivity contribution in [2.75, 3.05) is 17.6 Å². The topological polar surface area (TPSA) is 112 Å². The van der Waals surface area contributed by atoms with Gasteiger partial charge in [0.05, 0.1) is 11.3 Å². The van der Waals surface area contributed by atoms with Gasteiger partial charge in [0.25, 0.3) is 0 Å². The second-order valence-corrected chi connectivity index (χ2v) is 3.94. The van der Waals surface area contributed by atoms with E-state index in [1.54, 1.807) is 18.6 Å². The highest BCUT2D eigenvalue weighted by molar-refractivity contribution is 5.57. The van der Waals surface area contributed by atoms with E-state index in [2.05, 4.69) is 15.3 Å². The Bertz CT molecular complexity index is 554. The summed E-state index contributed by atoms with van der Waals surface area (Å²) in [5, 5.41) is 13.6. The number of hydrogen-bond donors (Lipinski definition) is 2. The Kier molecular flexibility index (Phi) is 3.91. The lowest BCUT2D eigenvalue weighted by Gasteiger charge is -2.06. The van der Waals surface area contributed by atoms with E-state index in [9.17, 15) is 10.1 Å². The molecule has 0 fully saturated rings. The van der Waals surface area contributed by atoms with Crippen molar-refractivity contribution in [1.82, 2.24) is 14.5 Å². The summed E-state index contributed by atoms with van der Waals surface area (Å²) in [5.41, 5.74) is 5.32. The number of hydrogen-bond acceptors (Lipinski definition) is 6. The number of nitrogen functional groups attached to an aromatic ring is 1. The van der Waals surface area contributed by atoms with Crippen LogP contribution in [0.5, 0.6) is 0 Å². The molecule has 0 saturated carbocycles. The number of nitrogens with one attached hydrogen (secondary N) is 1. The second kappa shape index (κ2) is 5.80. The van der Waals surface area contributed by atoms with Crippen LogP contribution in [0, 0.1) is 10.1 Å². The van der Waals surface area contributed by atoms with Crippen molar-refractivity contribution in [2.24, 2.45) is 0 Å². The van der Waals surface area contributed by atoms with Gasteiger partial charge in [0.2, 0.25) is 5.82 Å². The van der Waals surface area contributed by atoms with Gasteiger partial charge in [-0.05, 0) is 12.5 Å². The van der Waals surface area contributed by atoms with E-state index < -0.39 is 4.92 Å². The summed E-state index contributed by atoms with van der Waals surface area (Å²) in [6.45, 7) is 1.54. The van der Waals surface area contributed by atoms with Gasteiger partial charge in [0.15, 0.2) is 0 Å². The first-order chi connectivity index (χ1) is 9.16. The van der Waals surface area contributed by atoms with Gasteiger partial charge in [0, 0.05) is 31.5 Å². The SMILES string of the molecule is Nc1nc(NCCCn2ccnc2)ccc1[N+](=O)[O-]. The second-order valence-electron chi connectivity index (χ2n) is 3.94. The molecule has 0 aromatic carbocycles. The summed E-state index contributed by atoms with van der Waals surface area (Å²) in [4.78, 5) is 17.9. The predicted molar refractivity (Wildman–Crippen MR) is 70.6 cm³/mol. The third kappa shape index (κ3) is 3.41. The third-order valence-electron chi connectivity index (χ3n) is 2.56. The van der Waals surface area contributed by atoms with Crippen LogP contribution in [0.15, 0.2) is 30.9 Å². The Hall–Kier alpha value is -2.64. The van der Waals surface area contributed by atoms with Crippen LogP contribution in [-0.2, 0) is 6.54 Å². The van der Waals surface area contributed by atoms with Crippen LogP contribution in [-0.4, -0.2) is 26.0 Å².